The predicted molar refractivity (Wildman–Crippen MR) is 67.8 cm³/mol. The maximum absolute atomic E-state index is 11.4. The van der Waals surface area contributed by atoms with E-state index in [1.165, 1.54) is 19.3 Å². The Kier molecular flexibility index (Phi) is 5.44. The molecule has 1 rings (SSSR count). The van der Waals surface area contributed by atoms with Crippen LogP contribution in [0.2, 0.25) is 0 Å². The molecule has 0 aromatic heterocycles. The summed E-state index contributed by atoms with van der Waals surface area (Å²) in [5.41, 5.74) is -0.656. The van der Waals surface area contributed by atoms with E-state index in [0.717, 1.165) is 25.7 Å². The van der Waals surface area contributed by atoms with Crippen LogP contribution in [0.1, 0.15) is 65.2 Å². The fourth-order valence-electron chi connectivity index (χ4n) is 3.08. The van der Waals surface area contributed by atoms with E-state index in [0.29, 0.717) is 12.3 Å². The Morgan fingerprint density at radius 3 is 2.41 bits per heavy atom. The molecule has 0 aromatic carbocycles. The highest BCUT2D eigenvalue weighted by atomic mass is 16.4. The van der Waals surface area contributed by atoms with Crippen LogP contribution in [0.3, 0.4) is 0 Å². The molecule has 0 heterocycles. The van der Waals surface area contributed by atoms with Gasteiger partial charge >= 0.3 is 5.97 Å². The van der Waals surface area contributed by atoms with Crippen molar-refractivity contribution < 1.29 is 15.0 Å². The summed E-state index contributed by atoms with van der Waals surface area (Å²) in [5, 5.41) is 18.9. The minimum atomic E-state index is -0.715. The van der Waals surface area contributed by atoms with Crippen LogP contribution in [0.4, 0.5) is 0 Å². The third-order valence-corrected chi connectivity index (χ3v) is 4.17. The number of aliphatic hydroxyl groups excluding tert-OH is 1. The number of aliphatic carboxylic acids is 1. The van der Waals surface area contributed by atoms with Gasteiger partial charge in [-0.2, -0.15) is 0 Å². The first-order valence-electron chi connectivity index (χ1n) is 6.91. The largest absolute Gasteiger partial charge is 0.481 e. The summed E-state index contributed by atoms with van der Waals surface area (Å²) in [7, 11) is 0. The molecule has 1 saturated carbocycles. The highest BCUT2D eigenvalue weighted by Gasteiger charge is 2.42. The second-order valence-corrected chi connectivity index (χ2v) is 5.72. The van der Waals surface area contributed by atoms with Crippen LogP contribution in [0, 0.1) is 11.3 Å². The van der Waals surface area contributed by atoms with Crippen molar-refractivity contribution in [3.63, 3.8) is 0 Å². The summed E-state index contributed by atoms with van der Waals surface area (Å²) in [6.45, 7) is 3.88. The standard InChI is InChI=1S/C14H26O3/c1-3-4-5-12-6-8-14(9-7-12,13(16)17)10-11(2)15/h11-12,15H,3-10H2,1-2H3,(H,16,17). The van der Waals surface area contributed by atoms with Crippen LogP contribution in [0.15, 0.2) is 0 Å². The van der Waals surface area contributed by atoms with E-state index in [1.54, 1.807) is 6.92 Å². The van der Waals surface area contributed by atoms with Gasteiger partial charge in [0.2, 0.25) is 0 Å². The van der Waals surface area contributed by atoms with Gasteiger partial charge < -0.3 is 10.2 Å². The van der Waals surface area contributed by atoms with Gasteiger partial charge in [0.15, 0.2) is 0 Å². The lowest BCUT2D eigenvalue weighted by atomic mass is 9.67. The van der Waals surface area contributed by atoms with Crippen molar-refractivity contribution >= 4 is 5.97 Å². The maximum atomic E-state index is 11.4. The molecule has 3 heteroatoms. The Morgan fingerprint density at radius 2 is 2.00 bits per heavy atom. The molecular formula is C14H26O3. The molecule has 0 aliphatic heterocycles. The van der Waals surface area contributed by atoms with Crippen LogP contribution >= 0.6 is 0 Å². The Morgan fingerprint density at radius 1 is 1.41 bits per heavy atom. The van der Waals surface area contributed by atoms with E-state index >= 15 is 0 Å². The fraction of sp³-hybridized carbons (Fsp3) is 0.929. The summed E-state index contributed by atoms with van der Waals surface area (Å²) >= 11 is 0. The van der Waals surface area contributed by atoms with Crippen LogP contribution in [-0.2, 0) is 4.79 Å². The smallest absolute Gasteiger partial charge is 0.309 e. The van der Waals surface area contributed by atoms with E-state index in [9.17, 15) is 15.0 Å². The van der Waals surface area contributed by atoms with Crippen molar-refractivity contribution in [1.82, 2.24) is 0 Å². The van der Waals surface area contributed by atoms with Gasteiger partial charge in [-0.05, 0) is 44.9 Å². The molecule has 1 atom stereocenters. The minimum Gasteiger partial charge on any atom is -0.481 e. The highest BCUT2D eigenvalue weighted by molar-refractivity contribution is 5.74. The number of aliphatic hydroxyl groups is 1. The zero-order chi connectivity index (χ0) is 12.9. The van der Waals surface area contributed by atoms with Crippen molar-refractivity contribution in [3.8, 4) is 0 Å². The molecule has 0 amide bonds. The lowest BCUT2D eigenvalue weighted by Gasteiger charge is -2.37. The van der Waals surface area contributed by atoms with Crippen molar-refractivity contribution in [2.24, 2.45) is 11.3 Å². The Bertz CT molecular complexity index is 240. The Hall–Kier alpha value is -0.570. The molecule has 100 valence electrons. The van der Waals surface area contributed by atoms with E-state index in [1.807, 2.05) is 0 Å². The summed E-state index contributed by atoms with van der Waals surface area (Å²) in [4.78, 5) is 11.4. The van der Waals surface area contributed by atoms with Crippen LogP contribution in [0.25, 0.3) is 0 Å². The van der Waals surface area contributed by atoms with Gasteiger partial charge in [0, 0.05) is 0 Å². The quantitative estimate of drug-likeness (QED) is 0.752. The zero-order valence-corrected chi connectivity index (χ0v) is 11.1. The number of unbranched alkanes of at least 4 members (excludes halogenated alkanes) is 1. The molecule has 1 aliphatic carbocycles. The molecule has 17 heavy (non-hydrogen) atoms. The van der Waals surface area contributed by atoms with Gasteiger partial charge in [-0.3, -0.25) is 4.79 Å². The van der Waals surface area contributed by atoms with E-state index < -0.39 is 17.5 Å². The first kappa shape index (κ1) is 14.5. The average Bonchev–Trinajstić information content (AvgIpc) is 2.27. The third-order valence-electron chi connectivity index (χ3n) is 4.17. The predicted octanol–water partition coefficient (Wildman–Crippen LogP) is 3.21. The third kappa shape index (κ3) is 3.98. The lowest BCUT2D eigenvalue weighted by Crippen LogP contribution is -2.38. The second-order valence-electron chi connectivity index (χ2n) is 5.72. The van der Waals surface area contributed by atoms with Gasteiger partial charge in [-0.15, -0.1) is 0 Å². The van der Waals surface area contributed by atoms with Crippen molar-refractivity contribution in [2.45, 2.75) is 71.3 Å². The average molecular weight is 242 g/mol. The van der Waals surface area contributed by atoms with Gasteiger partial charge in [-0.1, -0.05) is 26.2 Å². The van der Waals surface area contributed by atoms with Crippen molar-refractivity contribution in [1.29, 1.82) is 0 Å². The Balaban J connectivity index is 2.52. The van der Waals surface area contributed by atoms with Crippen molar-refractivity contribution in [2.75, 3.05) is 0 Å². The number of hydrogen-bond donors (Lipinski definition) is 2. The van der Waals surface area contributed by atoms with Crippen LogP contribution in [-0.4, -0.2) is 22.3 Å². The van der Waals surface area contributed by atoms with Crippen LogP contribution < -0.4 is 0 Å². The SMILES string of the molecule is CCCCC1CCC(CC(C)O)(C(=O)O)CC1. The fourth-order valence-corrected chi connectivity index (χ4v) is 3.08. The van der Waals surface area contributed by atoms with Gasteiger partial charge in [0.05, 0.1) is 11.5 Å². The highest BCUT2D eigenvalue weighted by Crippen LogP contribution is 2.43. The maximum Gasteiger partial charge on any atom is 0.309 e. The number of rotatable bonds is 6. The monoisotopic (exact) mass is 242 g/mol. The zero-order valence-electron chi connectivity index (χ0n) is 11.1. The Labute approximate surface area is 104 Å². The molecule has 0 saturated heterocycles. The van der Waals surface area contributed by atoms with E-state index in [-0.39, 0.29) is 0 Å². The van der Waals surface area contributed by atoms with Gasteiger partial charge in [0.25, 0.3) is 0 Å². The minimum absolute atomic E-state index is 0.406. The molecule has 0 aromatic rings. The molecule has 1 fully saturated rings. The molecule has 0 radical (unpaired) electrons. The molecular weight excluding hydrogens is 216 g/mol. The van der Waals surface area contributed by atoms with Crippen LogP contribution in [0.5, 0.6) is 0 Å². The number of hydrogen-bond acceptors (Lipinski definition) is 2. The number of carboxylic acid groups (broad SMARTS) is 1. The van der Waals surface area contributed by atoms with E-state index in [4.69, 9.17) is 0 Å². The number of carbonyl (C=O) groups is 1. The molecule has 2 N–H and O–H groups in total. The number of carboxylic acids is 1. The second kappa shape index (κ2) is 6.39. The summed E-state index contributed by atoms with van der Waals surface area (Å²) in [6, 6.07) is 0. The first-order valence-corrected chi connectivity index (χ1v) is 6.91. The summed E-state index contributed by atoms with van der Waals surface area (Å²) in [5.74, 6) is -0.0104. The molecule has 0 bridgehead atoms. The summed E-state index contributed by atoms with van der Waals surface area (Å²) < 4.78 is 0. The molecule has 0 spiro atoms. The molecule has 1 unspecified atom stereocenters. The molecule has 1 aliphatic rings. The molecule has 3 nitrogen and oxygen atoms in total. The topological polar surface area (TPSA) is 57.5 Å². The van der Waals surface area contributed by atoms with Gasteiger partial charge in [0.1, 0.15) is 0 Å². The normalized spacial score (nSPS) is 31.1. The van der Waals surface area contributed by atoms with E-state index in [2.05, 4.69) is 6.92 Å². The lowest BCUT2D eigenvalue weighted by molar-refractivity contribution is -0.154. The van der Waals surface area contributed by atoms with Gasteiger partial charge in [-0.25, -0.2) is 0 Å². The van der Waals surface area contributed by atoms with Crippen molar-refractivity contribution in [3.05, 3.63) is 0 Å². The summed E-state index contributed by atoms with van der Waals surface area (Å²) in [6.07, 6.45) is 7.10. The first-order chi connectivity index (χ1) is 8.00.